The molecule has 0 radical (unpaired) electrons. The molecule has 0 aliphatic carbocycles. The Bertz CT molecular complexity index is 607. The maximum atomic E-state index is 14.4. The second-order valence-corrected chi connectivity index (χ2v) is 6.32. The molecule has 0 saturated heterocycles. The highest BCUT2D eigenvalue weighted by Gasteiger charge is 2.23. The minimum atomic E-state index is -0.236. The average Bonchev–Trinajstić information content (AvgIpc) is 2.36. The molecule has 0 aliphatic rings. The lowest BCUT2D eigenvalue weighted by atomic mass is 9.80. The van der Waals surface area contributed by atoms with Crippen molar-refractivity contribution in [3.8, 4) is 11.1 Å². The van der Waals surface area contributed by atoms with E-state index in [0.717, 1.165) is 27.8 Å². The van der Waals surface area contributed by atoms with Gasteiger partial charge in [-0.2, -0.15) is 0 Å². The largest absolute Gasteiger partial charge is 0.326 e. The lowest BCUT2D eigenvalue weighted by Crippen LogP contribution is -2.15. The molecular formula is C18H22FN. The summed E-state index contributed by atoms with van der Waals surface area (Å²) in [4.78, 5) is 0. The van der Waals surface area contributed by atoms with Crippen LogP contribution in [0.2, 0.25) is 0 Å². The van der Waals surface area contributed by atoms with Crippen LogP contribution in [-0.2, 0) is 12.0 Å². The van der Waals surface area contributed by atoms with E-state index in [1.165, 1.54) is 0 Å². The van der Waals surface area contributed by atoms with Crippen molar-refractivity contribution in [2.75, 3.05) is 0 Å². The van der Waals surface area contributed by atoms with Crippen LogP contribution in [0.3, 0.4) is 0 Å². The van der Waals surface area contributed by atoms with Gasteiger partial charge in [0.05, 0.1) is 0 Å². The van der Waals surface area contributed by atoms with Crippen molar-refractivity contribution in [2.24, 2.45) is 5.73 Å². The van der Waals surface area contributed by atoms with Gasteiger partial charge >= 0.3 is 0 Å². The van der Waals surface area contributed by atoms with E-state index in [1.807, 2.05) is 52.0 Å². The molecule has 2 rings (SSSR count). The first-order chi connectivity index (χ1) is 9.32. The van der Waals surface area contributed by atoms with E-state index >= 15 is 0 Å². The molecule has 2 aromatic rings. The molecule has 0 bridgehead atoms. The highest BCUT2D eigenvalue weighted by atomic mass is 19.1. The predicted molar refractivity (Wildman–Crippen MR) is 83.2 cm³/mol. The zero-order valence-electron chi connectivity index (χ0n) is 12.6. The number of hydrogen-bond donors (Lipinski definition) is 1. The normalized spacial score (nSPS) is 11.7. The van der Waals surface area contributed by atoms with E-state index in [0.29, 0.717) is 6.54 Å². The fourth-order valence-electron chi connectivity index (χ4n) is 2.55. The van der Waals surface area contributed by atoms with Crippen molar-refractivity contribution in [2.45, 2.75) is 39.7 Å². The smallest absolute Gasteiger partial charge is 0.127 e. The van der Waals surface area contributed by atoms with Crippen LogP contribution in [0.5, 0.6) is 0 Å². The van der Waals surface area contributed by atoms with Gasteiger partial charge in [-0.15, -0.1) is 0 Å². The fourth-order valence-corrected chi connectivity index (χ4v) is 2.55. The average molecular weight is 271 g/mol. The summed E-state index contributed by atoms with van der Waals surface area (Å²) in [5.74, 6) is -0.129. The second-order valence-electron chi connectivity index (χ2n) is 6.32. The van der Waals surface area contributed by atoms with Crippen molar-refractivity contribution >= 4 is 0 Å². The molecule has 0 unspecified atom stereocenters. The first-order valence-electron chi connectivity index (χ1n) is 6.93. The molecule has 0 fully saturated rings. The standard InChI is InChI=1S/C18H22FN/c1-12-9-15(14-7-5-13(11-20)6-8-14)17(16(19)10-12)18(2,3)4/h5-10H,11,20H2,1-4H3. The van der Waals surface area contributed by atoms with E-state index < -0.39 is 0 Å². The fraction of sp³-hybridized carbons (Fsp3) is 0.333. The highest BCUT2D eigenvalue weighted by Crippen LogP contribution is 2.36. The first kappa shape index (κ1) is 14.7. The molecular weight excluding hydrogens is 249 g/mol. The van der Waals surface area contributed by atoms with E-state index in [4.69, 9.17) is 5.73 Å². The van der Waals surface area contributed by atoms with E-state index in [9.17, 15) is 4.39 Å². The molecule has 0 aromatic heterocycles. The van der Waals surface area contributed by atoms with Crippen LogP contribution < -0.4 is 5.73 Å². The Hall–Kier alpha value is -1.67. The molecule has 0 amide bonds. The molecule has 2 N–H and O–H groups in total. The van der Waals surface area contributed by atoms with Crippen LogP contribution in [0.1, 0.15) is 37.5 Å². The summed E-state index contributed by atoms with van der Waals surface area (Å²) in [6, 6.07) is 11.7. The maximum Gasteiger partial charge on any atom is 0.127 e. The van der Waals surface area contributed by atoms with Crippen LogP contribution in [0.25, 0.3) is 11.1 Å². The molecule has 2 heteroatoms. The molecule has 2 aromatic carbocycles. The third kappa shape index (κ3) is 2.91. The lowest BCUT2D eigenvalue weighted by Gasteiger charge is -2.24. The van der Waals surface area contributed by atoms with E-state index in [1.54, 1.807) is 6.07 Å². The molecule has 0 aliphatic heterocycles. The van der Waals surface area contributed by atoms with Crippen molar-refractivity contribution in [3.05, 3.63) is 58.9 Å². The second kappa shape index (κ2) is 5.37. The van der Waals surface area contributed by atoms with Gasteiger partial charge in [0.15, 0.2) is 0 Å². The zero-order valence-corrected chi connectivity index (χ0v) is 12.6. The van der Waals surface area contributed by atoms with Crippen LogP contribution in [0, 0.1) is 12.7 Å². The molecule has 0 atom stereocenters. The van der Waals surface area contributed by atoms with Crippen LogP contribution in [0.4, 0.5) is 4.39 Å². The molecule has 20 heavy (non-hydrogen) atoms. The molecule has 1 nitrogen and oxygen atoms in total. The highest BCUT2D eigenvalue weighted by molar-refractivity contribution is 5.70. The maximum absolute atomic E-state index is 14.4. The van der Waals surface area contributed by atoms with Crippen molar-refractivity contribution in [3.63, 3.8) is 0 Å². The van der Waals surface area contributed by atoms with Gasteiger partial charge in [0, 0.05) is 12.1 Å². The Kier molecular flexibility index (Phi) is 3.96. The summed E-state index contributed by atoms with van der Waals surface area (Å²) in [6.45, 7) is 8.57. The molecule has 0 saturated carbocycles. The number of aryl methyl sites for hydroxylation is 1. The number of rotatable bonds is 2. The molecule has 106 valence electrons. The lowest BCUT2D eigenvalue weighted by molar-refractivity contribution is 0.524. The van der Waals surface area contributed by atoms with Gasteiger partial charge in [-0.05, 0) is 40.7 Å². The van der Waals surface area contributed by atoms with Gasteiger partial charge in [0.2, 0.25) is 0 Å². The molecule has 0 spiro atoms. The third-order valence-electron chi connectivity index (χ3n) is 3.49. The van der Waals surface area contributed by atoms with Crippen molar-refractivity contribution in [1.29, 1.82) is 0 Å². The predicted octanol–water partition coefficient (Wildman–Crippen LogP) is 4.56. The van der Waals surface area contributed by atoms with Crippen LogP contribution in [0.15, 0.2) is 36.4 Å². The van der Waals surface area contributed by atoms with Crippen LogP contribution >= 0.6 is 0 Å². The monoisotopic (exact) mass is 271 g/mol. The Morgan fingerprint density at radius 2 is 1.65 bits per heavy atom. The Morgan fingerprint density at radius 3 is 2.15 bits per heavy atom. The zero-order chi connectivity index (χ0) is 14.9. The summed E-state index contributed by atoms with van der Waals surface area (Å²) in [7, 11) is 0. The third-order valence-corrected chi connectivity index (χ3v) is 3.49. The first-order valence-corrected chi connectivity index (χ1v) is 6.93. The van der Waals surface area contributed by atoms with Crippen LogP contribution in [-0.4, -0.2) is 0 Å². The number of hydrogen-bond acceptors (Lipinski definition) is 1. The van der Waals surface area contributed by atoms with E-state index in [-0.39, 0.29) is 11.2 Å². The van der Waals surface area contributed by atoms with Gasteiger partial charge < -0.3 is 5.73 Å². The SMILES string of the molecule is Cc1cc(F)c(C(C)(C)C)c(-c2ccc(CN)cc2)c1. The molecule has 0 heterocycles. The minimum Gasteiger partial charge on any atom is -0.326 e. The Labute approximate surface area is 120 Å². The van der Waals surface area contributed by atoms with Crippen molar-refractivity contribution in [1.82, 2.24) is 0 Å². The Balaban J connectivity index is 2.65. The van der Waals surface area contributed by atoms with Gasteiger partial charge in [-0.3, -0.25) is 0 Å². The van der Waals surface area contributed by atoms with Gasteiger partial charge in [-0.1, -0.05) is 51.1 Å². The quantitative estimate of drug-likeness (QED) is 0.851. The minimum absolute atomic E-state index is 0.129. The summed E-state index contributed by atoms with van der Waals surface area (Å²) < 4.78 is 14.4. The van der Waals surface area contributed by atoms with E-state index in [2.05, 4.69) is 6.07 Å². The summed E-state index contributed by atoms with van der Waals surface area (Å²) in [5.41, 5.74) is 10.2. The number of halogens is 1. The summed E-state index contributed by atoms with van der Waals surface area (Å²) in [6.07, 6.45) is 0. The summed E-state index contributed by atoms with van der Waals surface area (Å²) >= 11 is 0. The van der Waals surface area contributed by atoms with Crippen molar-refractivity contribution < 1.29 is 4.39 Å². The van der Waals surface area contributed by atoms with Gasteiger partial charge in [0.1, 0.15) is 5.82 Å². The number of nitrogens with two attached hydrogens (primary N) is 1. The Morgan fingerprint density at radius 1 is 1.05 bits per heavy atom. The summed E-state index contributed by atoms with van der Waals surface area (Å²) in [5, 5.41) is 0. The van der Waals surface area contributed by atoms with Gasteiger partial charge in [-0.25, -0.2) is 4.39 Å². The van der Waals surface area contributed by atoms with Gasteiger partial charge in [0.25, 0.3) is 0 Å². The topological polar surface area (TPSA) is 26.0 Å². The number of benzene rings is 2.